The Labute approximate surface area is 198 Å². The van der Waals surface area contributed by atoms with Crippen LogP contribution < -0.4 is 19.5 Å². The van der Waals surface area contributed by atoms with Crippen molar-refractivity contribution >= 4 is 27.3 Å². The van der Waals surface area contributed by atoms with E-state index in [1.165, 1.54) is 24.3 Å². The summed E-state index contributed by atoms with van der Waals surface area (Å²) in [5.41, 5.74) is 1.31. The minimum absolute atomic E-state index is 0.0600. The van der Waals surface area contributed by atoms with Crippen LogP contribution in [0.15, 0.2) is 59.8 Å². The van der Waals surface area contributed by atoms with Crippen molar-refractivity contribution in [2.45, 2.75) is 17.9 Å². The molecule has 11 heteroatoms. The van der Waals surface area contributed by atoms with Gasteiger partial charge in [-0.15, -0.1) is 0 Å². The second-order valence-corrected chi connectivity index (χ2v) is 9.77. The summed E-state index contributed by atoms with van der Waals surface area (Å²) in [7, 11) is 0.109. The zero-order valence-corrected chi connectivity index (χ0v) is 19.8. The van der Waals surface area contributed by atoms with E-state index in [0.717, 1.165) is 13.0 Å². The number of nitrogens with zero attached hydrogens (tertiary/aromatic N) is 3. The first-order valence-corrected chi connectivity index (χ1v) is 12.3. The summed E-state index contributed by atoms with van der Waals surface area (Å²) in [5.74, 6) is 0.608. The van der Waals surface area contributed by atoms with Gasteiger partial charge in [0.1, 0.15) is 0 Å². The van der Waals surface area contributed by atoms with Crippen LogP contribution in [0.1, 0.15) is 16.8 Å². The highest BCUT2D eigenvalue weighted by Crippen LogP contribution is 2.32. The second kappa shape index (κ2) is 10.1. The van der Waals surface area contributed by atoms with E-state index in [9.17, 15) is 13.2 Å². The third-order valence-corrected chi connectivity index (χ3v) is 6.47. The van der Waals surface area contributed by atoms with Gasteiger partial charge in [0.25, 0.3) is 15.9 Å². The number of likely N-dealkylation sites (N-methyl/N-ethyl adjacent to an activating group) is 1. The molecule has 1 aliphatic rings. The van der Waals surface area contributed by atoms with Gasteiger partial charge in [-0.25, -0.2) is 8.42 Å². The molecule has 1 aliphatic heterocycles. The Hall–Kier alpha value is -3.57. The van der Waals surface area contributed by atoms with Gasteiger partial charge in [-0.05, 0) is 50.5 Å². The summed E-state index contributed by atoms with van der Waals surface area (Å²) in [5, 5.41) is 7.03. The van der Waals surface area contributed by atoms with Gasteiger partial charge >= 0.3 is 0 Å². The van der Waals surface area contributed by atoms with Gasteiger partial charge in [0.05, 0.1) is 36.5 Å². The quantitative estimate of drug-likeness (QED) is 0.504. The van der Waals surface area contributed by atoms with Gasteiger partial charge in [0.15, 0.2) is 11.5 Å². The van der Waals surface area contributed by atoms with Gasteiger partial charge in [-0.3, -0.25) is 14.2 Å². The molecule has 3 aromatic rings. The largest absolute Gasteiger partial charge is 0.490 e. The number of aromatic nitrogens is 2. The maximum atomic E-state index is 12.8. The molecule has 10 nitrogen and oxygen atoms in total. The van der Waals surface area contributed by atoms with Crippen LogP contribution in [0.25, 0.3) is 0 Å². The SMILES string of the molecule is CN(C)CCn1cc(NC(=O)c2ccc(NS(=O)(=O)c3ccc4c(c3)OCCCO4)cc2)cn1. The third kappa shape index (κ3) is 5.86. The van der Waals surface area contributed by atoms with Crippen molar-refractivity contribution in [2.24, 2.45) is 0 Å². The number of sulfonamides is 1. The third-order valence-electron chi connectivity index (χ3n) is 5.10. The van der Waals surface area contributed by atoms with Crippen molar-refractivity contribution in [3.8, 4) is 11.5 Å². The molecule has 0 atom stereocenters. The van der Waals surface area contributed by atoms with E-state index in [4.69, 9.17) is 9.47 Å². The van der Waals surface area contributed by atoms with Crippen molar-refractivity contribution in [1.29, 1.82) is 0 Å². The highest BCUT2D eigenvalue weighted by atomic mass is 32.2. The normalized spacial score (nSPS) is 13.4. The summed E-state index contributed by atoms with van der Waals surface area (Å²) in [6.07, 6.45) is 4.08. The van der Waals surface area contributed by atoms with E-state index in [0.29, 0.717) is 48.2 Å². The molecule has 180 valence electrons. The van der Waals surface area contributed by atoms with Crippen molar-refractivity contribution < 1.29 is 22.7 Å². The van der Waals surface area contributed by atoms with E-state index in [2.05, 4.69) is 15.1 Å². The number of hydrogen-bond donors (Lipinski definition) is 2. The van der Waals surface area contributed by atoms with Crippen LogP contribution in [0.5, 0.6) is 11.5 Å². The van der Waals surface area contributed by atoms with Gasteiger partial charge in [0.2, 0.25) is 0 Å². The second-order valence-electron chi connectivity index (χ2n) is 8.09. The molecule has 4 rings (SSSR count). The number of rotatable bonds is 8. The van der Waals surface area contributed by atoms with Gasteiger partial charge in [-0.2, -0.15) is 5.10 Å². The number of fused-ring (bicyclic) bond motifs is 1. The van der Waals surface area contributed by atoms with Crippen LogP contribution >= 0.6 is 0 Å². The lowest BCUT2D eigenvalue weighted by molar-refractivity contribution is 0.102. The Morgan fingerprint density at radius 2 is 1.79 bits per heavy atom. The molecular weight excluding hydrogens is 458 g/mol. The molecule has 0 unspecified atom stereocenters. The highest BCUT2D eigenvalue weighted by Gasteiger charge is 2.19. The fourth-order valence-electron chi connectivity index (χ4n) is 3.27. The highest BCUT2D eigenvalue weighted by molar-refractivity contribution is 7.92. The van der Waals surface area contributed by atoms with Crippen molar-refractivity contribution in [3.05, 3.63) is 60.4 Å². The number of carbonyl (C=O) groups excluding carboxylic acids is 1. The smallest absolute Gasteiger partial charge is 0.262 e. The van der Waals surface area contributed by atoms with Crippen molar-refractivity contribution in [1.82, 2.24) is 14.7 Å². The molecule has 2 aromatic carbocycles. The number of carbonyl (C=O) groups is 1. The van der Waals surface area contributed by atoms with E-state index in [1.54, 1.807) is 35.3 Å². The number of amides is 1. The minimum atomic E-state index is -3.85. The molecule has 0 aliphatic carbocycles. The number of hydrogen-bond acceptors (Lipinski definition) is 7. The summed E-state index contributed by atoms with van der Waals surface area (Å²) >= 11 is 0. The fraction of sp³-hybridized carbons (Fsp3) is 0.304. The van der Waals surface area contributed by atoms with Crippen LogP contribution in [-0.2, 0) is 16.6 Å². The average molecular weight is 486 g/mol. The van der Waals surface area contributed by atoms with Crippen LogP contribution in [-0.4, -0.2) is 62.9 Å². The Morgan fingerprint density at radius 3 is 2.53 bits per heavy atom. The van der Waals surface area contributed by atoms with Crippen LogP contribution in [0.4, 0.5) is 11.4 Å². The zero-order chi connectivity index (χ0) is 24.1. The monoisotopic (exact) mass is 485 g/mol. The van der Waals surface area contributed by atoms with Gasteiger partial charge in [-0.1, -0.05) is 0 Å². The molecule has 0 fully saturated rings. The number of ether oxygens (including phenoxy) is 2. The summed E-state index contributed by atoms with van der Waals surface area (Å²) in [6.45, 7) is 2.53. The molecule has 0 saturated carbocycles. The number of nitrogens with one attached hydrogen (secondary N) is 2. The molecule has 0 spiro atoms. The number of anilines is 2. The first kappa shape index (κ1) is 23.6. The Balaban J connectivity index is 1.39. The molecule has 2 N–H and O–H groups in total. The lowest BCUT2D eigenvalue weighted by Gasteiger charge is -2.12. The Morgan fingerprint density at radius 1 is 1.06 bits per heavy atom. The lowest BCUT2D eigenvalue weighted by atomic mass is 10.2. The van der Waals surface area contributed by atoms with Crippen molar-refractivity contribution in [2.75, 3.05) is 43.9 Å². The van der Waals surface area contributed by atoms with Gasteiger partial charge < -0.3 is 19.7 Å². The molecule has 0 bridgehead atoms. The number of benzene rings is 2. The average Bonchev–Trinajstić information content (AvgIpc) is 3.11. The molecule has 2 heterocycles. The first-order chi connectivity index (χ1) is 16.3. The molecule has 1 aromatic heterocycles. The fourth-order valence-corrected chi connectivity index (χ4v) is 4.34. The first-order valence-electron chi connectivity index (χ1n) is 10.8. The minimum Gasteiger partial charge on any atom is -0.490 e. The predicted molar refractivity (Wildman–Crippen MR) is 128 cm³/mol. The topological polar surface area (TPSA) is 115 Å². The summed E-state index contributed by atoms with van der Waals surface area (Å²) < 4.78 is 41.1. The van der Waals surface area contributed by atoms with E-state index < -0.39 is 10.0 Å². The maximum Gasteiger partial charge on any atom is 0.262 e. The van der Waals surface area contributed by atoms with Crippen LogP contribution in [0.2, 0.25) is 0 Å². The van der Waals surface area contributed by atoms with Crippen molar-refractivity contribution in [3.63, 3.8) is 0 Å². The van der Waals surface area contributed by atoms with Gasteiger partial charge in [0, 0.05) is 36.5 Å². The Bertz CT molecular complexity index is 1260. The zero-order valence-electron chi connectivity index (χ0n) is 19.0. The van der Waals surface area contributed by atoms with E-state index in [-0.39, 0.29) is 10.8 Å². The summed E-state index contributed by atoms with van der Waals surface area (Å²) in [4.78, 5) is 14.7. The molecule has 0 saturated heterocycles. The molecule has 34 heavy (non-hydrogen) atoms. The predicted octanol–water partition coefficient (Wildman–Crippen LogP) is 2.66. The molecule has 1 amide bonds. The standard InChI is InChI=1S/C23H27N5O5S/c1-27(2)10-11-28-16-19(15-24-28)25-23(29)17-4-6-18(7-5-17)26-34(30,31)20-8-9-21-22(14-20)33-13-3-12-32-21/h4-9,14-16,26H,3,10-13H2,1-2H3,(H,25,29). The molecular formula is C23H27N5O5S. The lowest BCUT2D eigenvalue weighted by Crippen LogP contribution is -2.18. The molecule has 0 radical (unpaired) electrons. The Kier molecular flexibility index (Phi) is 7.03. The van der Waals surface area contributed by atoms with E-state index in [1.807, 2.05) is 19.0 Å². The maximum absolute atomic E-state index is 12.8. The van der Waals surface area contributed by atoms with Crippen LogP contribution in [0.3, 0.4) is 0 Å². The summed E-state index contributed by atoms with van der Waals surface area (Å²) in [6, 6.07) is 10.7. The van der Waals surface area contributed by atoms with Crippen LogP contribution in [0, 0.1) is 0 Å². The van der Waals surface area contributed by atoms with E-state index >= 15 is 0 Å².